The highest BCUT2D eigenvalue weighted by molar-refractivity contribution is 7.88. The van der Waals surface area contributed by atoms with Crippen molar-refractivity contribution in [2.45, 2.75) is 103 Å². The largest absolute Gasteiger partial charge is 0.479 e. The van der Waals surface area contributed by atoms with E-state index in [-0.39, 0.29) is 83.2 Å². The number of ether oxygens (including phenoxy) is 1. The Bertz CT molecular complexity index is 3070. The van der Waals surface area contributed by atoms with Crippen LogP contribution in [-0.4, -0.2) is 129 Å². The average molecular weight is 1120 g/mol. The van der Waals surface area contributed by atoms with Crippen LogP contribution in [0.3, 0.4) is 0 Å². The summed E-state index contributed by atoms with van der Waals surface area (Å²) in [5, 5.41) is 39.0. The van der Waals surface area contributed by atoms with E-state index in [1.807, 2.05) is 70.5 Å². The van der Waals surface area contributed by atoms with Gasteiger partial charge in [-0.1, -0.05) is 74.0 Å². The van der Waals surface area contributed by atoms with Crippen LogP contribution in [0.15, 0.2) is 78.3 Å². The number of aliphatic hydroxyl groups is 1. The van der Waals surface area contributed by atoms with Gasteiger partial charge in [-0.2, -0.15) is 4.31 Å². The summed E-state index contributed by atoms with van der Waals surface area (Å²) >= 11 is 8.99. The quantitative estimate of drug-likeness (QED) is 0.0482. The first-order valence-electron chi connectivity index (χ1n) is 25.3. The highest BCUT2D eigenvalue weighted by atomic mass is 35.5. The van der Waals surface area contributed by atoms with E-state index in [4.69, 9.17) is 21.4 Å². The third-order valence-corrected chi connectivity index (χ3v) is 19.1. The molecule has 22 heteroatoms. The van der Waals surface area contributed by atoms with Crippen molar-refractivity contribution in [3.05, 3.63) is 105 Å². The number of halogens is 1. The molecule has 0 spiro atoms. The second-order valence-corrected chi connectivity index (χ2v) is 24.9. The zero-order valence-corrected chi connectivity index (χ0v) is 46.2. The number of carbonyl (C=O) groups is 5. The Hall–Kier alpha value is -6.10. The monoisotopic (exact) mass is 1120 g/mol. The Balaban J connectivity index is 0.826. The van der Waals surface area contributed by atoms with Gasteiger partial charge in [0.2, 0.25) is 21.8 Å². The number of carbonyl (C=O) groups excluding carboxylic acids is 3. The Labute approximate surface area is 455 Å². The van der Waals surface area contributed by atoms with Gasteiger partial charge < -0.3 is 45.8 Å². The number of anilines is 2. The van der Waals surface area contributed by atoms with Gasteiger partial charge in [-0.3, -0.25) is 9.59 Å². The van der Waals surface area contributed by atoms with E-state index in [2.05, 4.69) is 20.9 Å². The number of aryl methyl sites for hydroxylation is 1. The van der Waals surface area contributed by atoms with Crippen LogP contribution in [0, 0.1) is 24.7 Å². The van der Waals surface area contributed by atoms with Crippen LogP contribution in [0.4, 0.5) is 16.2 Å². The predicted molar refractivity (Wildman–Crippen MR) is 293 cm³/mol. The zero-order valence-electron chi connectivity index (χ0n) is 43.0. The highest BCUT2D eigenvalue weighted by Gasteiger charge is 2.45. The number of aromatic carboxylic acids is 1. The molecular formula is C54H64ClN7O11S3. The van der Waals surface area contributed by atoms with Gasteiger partial charge in [0.25, 0.3) is 0 Å². The lowest BCUT2D eigenvalue weighted by Crippen LogP contribution is -2.55. The molecule has 6 N–H and O–H groups in total. The number of aliphatic carboxylic acids is 1. The number of nitrogens with zero attached hydrogens (tertiary/aromatic N) is 4. The number of aliphatic hydroxyl groups excluding tert-OH is 1. The van der Waals surface area contributed by atoms with Crippen molar-refractivity contribution >= 4 is 85.5 Å². The molecule has 3 aliphatic heterocycles. The number of hydrogen-bond donors (Lipinski definition) is 6. The molecule has 8 rings (SSSR count). The summed E-state index contributed by atoms with van der Waals surface area (Å²) in [6.07, 6.45) is 1.41. The Morgan fingerprint density at radius 2 is 1.62 bits per heavy atom. The number of sulfonamides is 1. The van der Waals surface area contributed by atoms with Gasteiger partial charge >= 0.3 is 18.0 Å². The second-order valence-electron chi connectivity index (χ2n) is 20.7. The second kappa shape index (κ2) is 23.6. The third-order valence-electron chi connectivity index (χ3n) is 14.4. The van der Waals surface area contributed by atoms with Crippen LogP contribution >= 0.6 is 34.3 Å². The number of amides is 4. The van der Waals surface area contributed by atoms with E-state index in [1.54, 1.807) is 63.6 Å². The van der Waals surface area contributed by atoms with Gasteiger partial charge in [-0.05, 0) is 105 Å². The Kier molecular flexibility index (Phi) is 17.5. The molecule has 0 aliphatic carbocycles. The van der Waals surface area contributed by atoms with Gasteiger partial charge in [-0.25, -0.2) is 27.8 Å². The number of nitrogens with one attached hydrogen (secondary N) is 3. The van der Waals surface area contributed by atoms with Crippen molar-refractivity contribution in [3.63, 3.8) is 0 Å². The number of likely N-dealkylation sites (tertiary alicyclic amines) is 2. The van der Waals surface area contributed by atoms with Gasteiger partial charge in [-0.15, -0.1) is 22.7 Å². The summed E-state index contributed by atoms with van der Waals surface area (Å²) in [4.78, 5) is 73.6. The molecule has 3 saturated heterocycles. The smallest absolute Gasteiger partial charge is 0.349 e. The standard InChI is InChI=1S/C54H64ClN7O11S3/c1-31(2)44(51(67)61-27-41(63)24-42(61)50(66)56-26-33-12-14-36(15-13-33)47-32(3)57-30-74-47)35-16-19-60(20-17-35)53(70)59-38-10-6-8-34(22-38)29-76(71,72)62-21-18-40(25-54(62,4)5)58-39-11-7-9-37(23-39)48-45(55)46(73-28-43(64)65)49(75-48)52(68)69/h6-15,22-23,30-31,35,40-42,44,58,63H,16-21,24-29H2,1-5H3,(H,56,66)(H,59,70)(H,64,65)(H,68,69)/t40?,41-,42+,44-/m1/s1. The topological polar surface area (TPSA) is 248 Å². The fourth-order valence-corrected chi connectivity index (χ4v) is 15.1. The molecular weight excluding hydrogens is 1050 g/mol. The third kappa shape index (κ3) is 13.0. The number of β-amino-alcohol motifs (C(OH)–C–C–N with tert-alkyl or cyclic N) is 1. The van der Waals surface area contributed by atoms with Crippen molar-refractivity contribution in [1.82, 2.24) is 24.4 Å². The van der Waals surface area contributed by atoms with Crippen LogP contribution in [0.1, 0.15) is 86.3 Å². The average Bonchev–Trinajstić information content (AvgIpc) is 4.08. The first kappa shape index (κ1) is 56.1. The molecule has 2 aromatic heterocycles. The van der Waals surface area contributed by atoms with Crippen LogP contribution in [0.2, 0.25) is 5.02 Å². The molecule has 4 atom stereocenters. The normalized spacial score (nSPS) is 19.6. The lowest BCUT2D eigenvalue weighted by molar-refractivity contribution is -0.145. The molecule has 18 nitrogen and oxygen atoms in total. The molecule has 406 valence electrons. The van der Waals surface area contributed by atoms with Crippen LogP contribution in [0.25, 0.3) is 20.9 Å². The maximum Gasteiger partial charge on any atom is 0.349 e. The minimum absolute atomic E-state index is 0.00630. The van der Waals surface area contributed by atoms with E-state index < -0.39 is 52.2 Å². The fraction of sp³-hybridized carbons (Fsp3) is 0.444. The molecule has 4 amide bonds. The van der Waals surface area contributed by atoms with E-state index >= 15 is 0 Å². The minimum Gasteiger partial charge on any atom is -0.479 e. The van der Waals surface area contributed by atoms with Crippen molar-refractivity contribution in [1.29, 1.82) is 0 Å². The first-order chi connectivity index (χ1) is 36.1. The van der Waals surface area contributed by atoms with Crippen LogP contribution in [0.5, 0.6) is 5.75 Å². The molecule has 0 saturated carbocycles. The van der Waals surface area contributed by atoms with E-state index in [9.17, 15) is 42.6 Å². The molecule has 76 heavy (non-hydrogen) atoms. The van der Waals surface area contributed by atoms with Crippen LogP contribution in [-0.2, 0) is 36.7 Å². The number of piperidine rings is 2. The molecule has 0 bridgehead atoms. The summed E-state index contributed by atoms with van der Waals surface area (Å²) in [6.45, 7) is 10.3. The van der Waals surface area contributed by atoms with E-state index in [0.717, 1.165) is 33.0 Å². The number of thiazole rings is 1. The van der Waals surface area contributed by atoms with Gasteiger partial charge in [0.15, 0.2) is 17.2 Å². The molecule has 3 aromatic carbocycles. The van der Waals surface area contributed by atoms with E-state index in [0.29, 0.717) is 66.2 Å². The lowest BCUT2D eigenvalue weighted by atomic mass is 9.77. The fourth-order valence-electron chi connectivity index (χ4n) is 10.9. The summed E-state index contributed by atoms with van der Waals surface area (Å²) < 4.78 is 35.0. The molecule has 3 aliphatic rings. The number of carboxylic acids is 2. The minimum atomic E-state index is -3.84. The highest BCUT2D eigenvalue weighted by Crippen LogP contribution is 2.46. The lowest BCUT2D eigenvalue weighted by Gasteiger charge is -2.45. The number of thiophene rings is 1. The number of carboxylic acid groups (broad SMARTS) is 2. The van der Waals surface area contributed by atoms with Crippen LogP contribution < -0.4 is 20.7 Å². The summed E-state index contributed by atoms with van der Waals surface area (Å²) in [6, 6.07) is 20.6. The number of aromatic nitrogens is 1. The van der Waals surface area contributed by atoms with Crippen molar-refractivity contribution in [2.75, 3.05) is 43.4 Å². The SMILES string of the molecule is Cc1ncsc1-c1ccc(CNC(=O)[C@@H]2C[C@@H](O)CN2C(=O)[C@H](C(C)C)C2CCN(C(=O)Nc3cccc(CS(=O)(=O)N4CCC(Nc5cccc(-c6sc(C(=O)O)c(OCC(=O)O)c6Cl)c5)CC4(C)C)c3)CC2)cc1. The number of rotatable bonds is 18. The molecule has 5 heterocycles. The van der Waals surface area contributed by atoms with E-state index in [1.165, 1.54) is 4.31 Å². The van der Waals surface area contributed by atoms with Gasteiger partial charge in [0.1, 0.15) is 11.1 Å². The summed E-state index contributed by atoms with van der Waals surface area (Å²) in [5.74, 6) is -4.08. The maximum absolute atomic E-state index is 14.4. The van der Waals surface area contributed by atoms with Gasteiger partial charge in [0.05, 0.1) is 32.8 Å². The van der Waals surface area contributed by atoms with Crippen molar-refractivity contribution in [2.24, 2.45) is 17.8 Å². The molecule has 3 fully saturated rings. The van der Waals surface area contributed by atoms with Gasteiger partial charge in [0, 0.05) is 68.0 Å². The Morgan fingerprint density at radius 1 is 0.908 bits per heavy atom. The maximum atomic E-state index is 14.4. The predicted octanol–water partition coefficient (Wildman–Crippen LogP) is 8.64. The first-order valence-corrected chi connectivity index (χ1v) is 28.9. The Morgan fingerprint density at radius 3 is 2.28 bits per heavy atom. The molecule has 5 aromatic rings. The number of urea groups is 1. The molecule has 1 unspecified atom stereocenters. The molecule has 0 radical (unpaired) electrons. The number of hydrogen-bond acceptors (Lipinski definition) is 13. The number of benzene rings is 3. The van der Waals surface area contributed by atoms with Crippen molar-refractivity contribution < 1.29 is 52.4 Å². The zero-order chi connectivity index (χ0) is 54.6. The summed E-state index contributed by atoms with van der Waals surface area (Å²) in [5.41, 5.74) is 6.21. The summed E-state index contributed by atoms with van der Waals surface area (Å²) in [7, 11) is -3.84. The van der Waals surface area contributed by atoms with Crippen molar-refractivity contribution in [3.8, 4) is 26.6 Å².